The molecule has 27 heavy (non-hydrogen) atoms. The van der Waals surface area contributed by atoms with Crippen LogP contribution in [0.1, 0.15) is 40.5 Å². The standard InChI is InChI=1S/C19H30N2O6/c1-12-14(26-12)15(22)21-10-13(16(23)25-5)19(11-21)6-8-20(9-7-19)17(24)27-18(2,3)4/h12-14H,6-11H2,1-5H3/t12-,13?,14+/m0/s1. The van der Waals surface area contributed by atoms with Crippen LogP contribution in [0.2, 0.25) is 0 Å². The molecule has 0 aliphatic carbocycles. The lowest BCUT2D eigenvalue weighted by atomic mass is 9.71. The second-order valence-electron chi connectivity index (χ2n) is 8.89. The Labute approximate surface area is 160 Å². The van der Waals surface area contributed by atoms with Crippen molar-refractivity contribution in [3.63, 3.8) is 0 Å². The number of hydrogen-bond acceptors (Lipinski definition) is 6. The summed E-state index contributed by atoms with van der Waals surface area (Å²) in [5.41, 5.74) is -0.905. The molecule has 0 aromatic carbocycles. The van der Waals surface area contributed by atoms with Gasteiger partial charge in [0, 0.05) is 31.6 Å². The zero-order valence-electron chi connectivity index (χ0n) is 16.8. The average Bonchev–Trinajstić information content (AvgIpc) is 3.21. The monoisotopic (exact) mass is 382 g/mol. The minimum atomic E-state index is -0.543. The summed E-state index contributed by atoms with van der Waals surface area (Å²) in [6.07, 6.45) is 0.492. The van der Waals surface area contributed by atoms with Crippen molar-refractivity contribution >= 4 is 18.0 Å². The van der Waals surface area contributed by atoms with Crippen molar-refractivity contribution < 1.29 is 28.6 Å². The molecule has 1 unspecified atom stereocenters. The lowest BCUT2D eigenvalue weighted by Gasteiger charge is -2.41. The zero-order chi connectivity index (χ0) is 20.0. The van der Waals surface area contributed by atoms with Crippen LogP contribution in [0.15, 0.2) is 0 Å². The first-order chi connectivity index (χ1) is 12.6. The molecule has 152 valence electrons. The van der Waals surface area contributed by atoms with Crippen LogP contribution in [0.3, 0.4) is 0 Å². The molecule has 8 heteroatoms. The molecule has 3 rings (SSSR count). The third kappa shape index (κ3) is 4.05. The number of esters is 1. The fourth-order valence-corrected chi connectivity index (χ4v) is 4.20. The average molecular weight is 382 g/mol. The van der Waals surface area contributed by atoms with Gasteiger partial charge in [0.1, 0.15) is 5.60 Å². The molecule has 0 saturated carbocycles. The second kappa shape index (κ2) is 6.96. The van der Waals surface area contributed by atoms with Crippen LogP contribution in [-0.2, 0) is 23.8 Å². The maximum Gasteiger partial charge on any atom is 0.410 e. The Bertz CT molecular complexity index is 620. The van der Waals surface area contributed by atoms with Crippen molar-refractivity contribution in [1.82, 2.24) is 9.80 Å². The highest BCUT2D eigenvalue weighted by atomic mass is 16.6. The molecule has 3 saturated heterocycles. The zero-order valence-corrected chi connectivity index (χ0v) is 16.8. The molecule has 3 heterocycles. The molecule has 0 bridgehead atoms. The fourth-order valence-electron chi connectivity index (χ4n) is 4.20. The van der Waals surface area contributed by atoms with Crippen LogP contribution in [0.4, 0.5) is 4.79 Å². The molecule has 0 aromatic rings. The maximum atomic E-state index is 12.6. The van der Waals surface area contributed by atoms with Crippen LogP contribution in [0.5, 0.6) is 0 Å². The lowest BCUT2D eigenvalue weighted by Crippen LogP contribution is -2.49. The summed E-state index contributed by atoms with van der Waals surface area (Å²) in [6.45, 7) is 9.24. The van der Waals surface area contributed by atoms with Gasteiger partial charge >= 0.3 is 12.1 Å². The summed E-state index contributed by atoms with van der Waals surface area (Å²) in [5.74, 6) is -0.718. The normalized spacial score (nSPS) is 29.6. The number of ether oxygens (including phenoxy) is 3. The Kier molecular flexibility index (Phi) is 5.14. The summed E-state index contributed by atoms with van der Waals surface area (Å²) < 4.78 is 15.8. The number of rotatable bonds is 2. The molecule has 3 aliphatic heterocycles. The van der Waals surface area contributed by atoms with Gasteiger partial charge in [0.05, 0.1) is 19.1 Å². The van der Waals surface area contributed by atoms with Crippen molar-refractivity contribution in [3.8, 4) is 0 Å². The number of hydrogen-bond donors (Lipinski definition) is 0. The van der Waals surface area contributed by atoms with Crippen molar-refractivity contribution in [1.29, 1.82) is 0 Å². The van der Waals surface area contributed by atoms with E-state index >= 15 is 0 Å². The topological polar surface area (TPSA) is 88.7 Å². The van der Waals surface area contributed by atoms with Gasteiger partial charge < -0.3 is 24.0 Å². The number of piperidine rings is 1. The third-order valence-corrected chi connectivity index (χ3v) is 5.81. The summed E-state index contributed by atoms with van der Waals surface area (Å²) in [6, 6.07) is 0. The minimum absolute atomic E-state index is 0.0529. The summed E-state index contributed by atoms with van der Waals surface area (Å²) in [7, 11) is 1.38. The fraction of sp³-hybridized carbons (Fsp3) is 0.842. The maximum absolute atomic E-state index is 12.6. The van der Waals surface area contributed by atoms with Gasteiger partial charge in [0.25, 0.3) is 5.91 Å². The molecular weight excluding hydrogens is 352 g/mol. The van der Waals surface area contributed by atoms with Gasteiger partial charge in [0.15, 0.2) is 6.10 Å². The van der Waals surface area contributed by atoms with E-state index in [1.54, 1.807) is 9.80 Å². The Morgan fingerprint density at radius 3 is 2.19 bits per heavy atom. The summed E-state index contributed by atoms with van der Waals surface area (Å²) >= 11 is 0. The first-order valence-electron chi connectivity index (χ1n) is 9.56. The molecule has 3 aliphatic rings. The van der Waals surface area contributed by atoms with Crippen molar-refractivity contribution in [3.05, 3.63) is 0 Å². The van der Waals surface area contributed by atoms with E-state index in [0.29, 0.717) is 39.0 Å². The smallest absolute Gasteiger partial charge is 0.410 e. The first-order valence-corrected chi connectivity index (χ1v) is 9.56. The summed E-state index contributed by atoms with van der Waals surface area (Å²) in [5, 5.41) is 0. The molecule has 0 radical (unpaired) electrons. The molecule has 2 amide bonds. The van der Waals surface area contributed by atoms with Crippen LogP contribution >= 0.6 is 0 Å². The number of carbonyl (C=O) groups excluding carboxylic acids is 3. The van der Waals surface area contributed by atoms with E-state index in [-0.39, 0.29) is 41.5 Å². The van der Waals surface area contributed by atoms with Gasteiger partial charge in [-0.2, -0.15) is 0 Å². The number of likely N-dealkylation sites (tertiary alicyclic amines) is 2. The van der Waals surface area contributed by atoms with Crippen LogP contribution < -0.4 is 0 Å². The Balaban J connectivity index is 1.68. The lowest BCUT2D eigenvalue weighted by molar-refractivity contribution is -0.149. The van der Waals surface area contributed by atoms with E-state index in [1.807, 2.05) is 27.7 Å². The number of amides is 2. The molecular formula is C19H30N2O6. The van der Waals surface area contributed by atoms with E-state index in [9.17, 15) is 14.4 Å². The van der Waals surface area contributed by atoms with Gasteiger partial charge in [-0.05, 0) is 40.5 Å². The van der Waals surface area contributed by atoms with Crippen molar-refractivity contribution in [2.75, 3.05) is 33.3 Å². The second-order valence-corrected chi connectivity index (χ2v) is 8.89. The van der Waals surface area contributed by atoms with E-state index in [2.05, 4.69) is 0 Å². The quantitative estimate of drug-likeness (QED) is 0.530. The third-order valence-electron chi connectivity index (χ3n) is 5.81. The predicted octanol–water partition coefficient (Wildman–Crippen LogP) is 1.42. The van der Waals surface area contributed by atoms with Gasteiger partial charge in [-0.3, -0.25) is 9.59 Å². The van der Waals surface area contributed by atoms with E-state index in [4.69, 9.17) is 14.2 Å². The Morgan fingerprint density at radius 2 is 1.70 bits per heavy atom. The molecule has 8 nitrogen and oxygen atoms in total. The van der Waals surface area contributed by atoms with Gasteiger partial charge in [-0.25, -0.2) is 4.79 Å². The molecule has 1 spiro atoms. The molecule has 0 aromatic heterocycles. The minimum Gasteiger partial charge on any atom is -0.469 e. The number of epoxide rings is 1. The highest BCUT2D eigenvalue weighted by Gasteiger charge is 2.56. The highest BCUT2D eigenvalue weighted by Crippen LogP contribution is 2.46. The molecule has 0 N–H and O–H groups in total. The van der Waals surface area contributed by atoms with Crippen molar-refractivity contribution in [2.24, 2.45) is 11.3 Å². The number of carbonyl (C=O) groups is 3. The highest BCUT2D eigenvalue weighted by molar-refractivity contribution is 5.85. The van der Waals surface area contributed by atoms with Crippen LogP contribution in [-0.4, -0.2) is 78.9 Å². The summed E-state index contributed by atoms with van der Waals surface area (Å²) in [4.78, 5) is 40.7. The van der Waals surface area contributed by atoms with E-state index in [1.165, 1.54) is 7.11 Å². The number of methoxy groups -OCH3 is 1. The largest absolute Gasteiger partial charge is 0.469 e. The van der Waals surface area contributed by atoms with Crippen LogP contribution in [0, 0.1) is 11.3 Å². The number of nitrogens with zero attached hydrogens (tertiary/aromatic N) is 2. The SMILES string of the molecule is COC(=O)C1CN(C(=O)[C@@H]2O[C@H]2C)CC12CCN(C(=O)OC(C)(C)C)CC2. The van der Waals surface area contributed by atoms with Crippen molar-refractivity contribution in [2.45, 2.75) is 58.3 Å². The van der Waals surface area contributed by atoms with E-state index < -0.39 is 5.60 Å². The molecule has 3 atom stereocenters. The Hall–Kier alpha value is -1.83. The molecule has 3 fully saturated rings. The van der Waals surface area contributed by atoms with Crippen LogP contribution in [0.25, 0.3) is 0 Å². The van der Waals surface area contributed by atoms with E-state index in [0.717, 1.165) is 0 Å². The predicted molar refractivity (Wildman–Crippen MR) is 95.9 cm³/mol. The first kappa shape index (κ1) is 19.9. The van der Waals surface area contributed by atoms with Gasteiger partial charge in [-0.1, -0.05) is 0 Å². The van der Waals surface area contributed by atoms with Gasteiger partial charge in [-0.15, -0.1) is 0 Å². The Morgan fingerprint density at radius 1 is 1.11 bits per heavy atom. The van der Waals surface area contributed by atoms with Gasteiger partial charge in [0.2, 0.25) is 0 Å².